The Bertz CT molecular complexity index is 900. The molecule has 1 saturated heterocycles. The lowest BCUT2D eigenvalue weighted by molar-refractivity contribution is -0.140. The number of methoxy groups -OCH3 is 1. The van der Waals surface area contributed by atoms with Crippen molar-refractivity contribution in [3.8, 4) is 11.5 Å². The zero-order valence-electron chi connectivity index (χ0n) is 16.5. The average Bonchev–Trinajstić information content (AvgIpc) is 3.07. The molecule has 6 nitrogen and oxygen atoms in total. The molecule has 1 aliphatic carbocycles. The molecule has 6 heteroatoms. The fourth-order valence-corrected chi connectivity index (χ4v) is 4.68. The van der Waals surface area contributed by atoms with Crippen molar-refractivity contribution in [2.45, 2.75) is 30.6 Å². The third-order valence-corrected chi connectivity index (χ3v) is 6.30. The van der Waals surface area contributed by atoms with Crippen LogP contribution in [0.4, 0.5) is 0 Å². The number of carbonyl (C=O) groups is 2. The molecule has 1 fully saturated rings. The number of carboxylic acid groups (broad SMARTS) is 1. The lowest BCUT2D eigenvalue weighted by Gasteiger charge is -2.40. The molecule has 1 atom stereocenters. The van der Waals surface area contributed by atoms with Gasteiger partial charge in [-0.25, -0.2) is 0 Å². The second-order valence-corrected chi connectivity index (χ2v) is 7.81. The number of hydrogen-bond acceptors (Lipinski definition) is 4. The van der Waals surface area contributed by atoms with Crippen LogP contribution in [0, 0.1) is 0 Å². The number of fused-ring (bicyclic) bond motifs is 2. The third kappa shape index (κ3) is 3.67. The highest BCUT2D eigenvalue weighted by molar-refractivity contribution is 5.79. The van der Waals surface area contributed by atoms with E-state index in [2.05, 4.69) is 6.07 Å². The Labute approximate surface area is 170 Å². The number of likely N-dealkylation sites (tertiary alicyclic amines) is 1. The van der Waals surface area contributed by atoms with Crippen LogP contribution in [0.3, 0.4) is 0 Å². The number of hydrogen-bond donors (Lipinski definition) is 1. The van der Waals surface area contributed by atoms with Gasteiger partial charge in [-0.05, 0) is 54.7 Å². The molecule has 4 rings (SSSR count). The molecule has 0 radical (unpaired) electrons. The summed E-state index contributed by atoms with van der Waals surface area (Å²) in [6, 6.07) is 15.0. The summed E-state index contributed by atoms with van der Waals surface area (Å²) >= 11 is 0. The highest BCUT2D eigenvalue weighted by atomic mass is 16.5. The molecule has 29 heavy (non-hydrogen) atoms. The number of ether oxygens (including phenoxy) is 2. The van der Waals surface area contributed by atoms with E-state index in [0.29, 0.717) is 25.3 Å². The Balaban J connectivity index is 1.38. The average molecular weight is 395 g/mol. The summed E-state index contributed by atoms with van der Waals surface area (Å²) < 4.78 is 10.7. The molecule has 1 aliphatic heterocycles. The minimum atomic E-state index is -0.763. The standard InChI is InChI=1S/C23H25NO5/c1-28-16-6-8-17(9-7-16)29-15-21(25)24-12-10-23(11-13-24)14-19(22(26)27)18-4-2-3-5-20(18)23/h2-9,19H,10-15H2,1H3,(H,26,27). The van der Waals surface area contributed by atoms with Crippen molar-refractivity contribution >= 4 is 11.9 Å². The van der Waals surface area contributed by atoms with E-state index in [0.717, 1.165) is 29.7 Å². The normalized spacial score (nSPS) is 19.6. The first-order valence-corrected chi connectivity index (χ1v) is 9.89. The number of benzene rings is 2. The molecule has 1 amide bonds. The van der Waals surface area contributed by atoms with Crippen molar-refractivity contribution in [2.24, 2.45) is 0 Å². The molecule has 1 heterocycles. The molecule has 152 valence electrons. The van der Waals surface area contributed by atoms with Gasteiger partial charge in [0.25, 0.3) is 5.91 Å². The van der Waals surface area contributed by atoms with Crippen molar-refractivity contribution in [1.29, 1.82) is 0 Å². The molecule has 0 aromatic heterocycles. The number of aliphatic carboxylic acids is 1. The Hall–Kier alpha value is -3.02. The van der Waals surface area contributed by atoms with Gasteiger partial charge < -0.3 is 19.5 Å². The van der Waals surface area contributed by atoms with Gasteiger partial charge in [0.15, 0.2) is 6.61 Å². The van der Waals surface area contributed by atoms with E-state index < -0.39 is 11.9 Å². The summed E-state index contributed by atoms with van der Waals surface area (Å²) in [6.45, 7) is 1.23. The number of rotatable bonds is 5. The molecule has 2 aromatic rings. The topological polar surface area (TPSA) is 76.1 Å². The van der Waals surface area contributed by atoms with Crippen LogP contribution in [-0.4, -0.2) is 48.7 Å². The van der Waals surface area contributed by atoms with Gasteiger partial charge in [0, 0.05) is 18.5 Å². The summed E-state index contributed by atoms with van der Waals surface area (Å²) in [5.41, 5.74) is 1.93. The number of amides is 1. The molecule has 2 aromatic carbocycles. The first-order chi connectivity index (χ1) is 14.0. The lowest BCUT2D eigenvalue weighted by Crippen LogP contribution is -2.46. The van der Waals surface area contributed by atoms with Gasteiger partial charge in [0.1, 0.15) is 11.5 Å². The Morgan fingerprint density at radius 1 is 1.07 bits per heavy atom. The Morgan fingerprint density at radius 3 is 2.38 bits per heavy atom. The first kappa shape index (κ1) is 19.3. The molecule has 1 spiro atoms. The van der Waals surface area contributed by atoms with E-state index in [1.807, 2.05) is 23.1 Å². The highest BCUT2D eigenvalue weighted by Crippen LogP contribution is 2.51. The number of carboxylic acids is 1. The molecule has 0 bridgehead atoms. The van der Waals surface area contributed by atoms with E-state index in [9.17, 15) is 14.7 Å². The number of carbonyl (C=O) groups excluding carboxylic acids is 1. The van der Waals surface area contributed by atoms with Gasteiger partial charge in [0.2, 0.25) is 0 Å². The van der Waals surface area contributed by atoms with E-state index in [1.165, 1.54) is 0 Å². The van der Waals surface area contributed by atoms with Crippen LogP contribution in [0.5, 0.6) is 11.5 Å². The van der Waals surface area contributed by atoms with E-state index >= 15 is 0 Å². The van der Waals surface area contributed by atoms with Crippen LogP contribution in [0.15, 0.2) is 48.5 Å². The van der Waals surface area contributed by atoms with Gasteiger partial charge >= 0.3 is 5.97 Å². The SMILES string of the molecule is COc1ccc(OCC(=O)N2CCC3(CC2)CC(C(=O)O)c2ccccc23)cc1. The predicted octanol–water partition coefficient (Wildman–Crippen LogP) is 3.21. The summed E-state index contributed by atoms with van der Waals surface area (Å²) in [4.78, 5) is 26.2. The molecule has 2 aliphatic rings. The zero-order valence-corrected chi connectivity index (χ0v) is 16.5. The second kappa shape index (κ2) is 7.78. The van der Waals surface area contributed by atoms with Crippen LogP contribution >= 0.6 is 0 Å². The molecule has 0 saturated carbocycles. The van der Waals surface area contributed by atoms with Crippen LogP contribution in [0.2, 0.25) is 0 Å². The molecular weight excluding hydrogens is 370 g/mol. The molecular formula is C23H25NO5. The van der Waals surface area contributed by atoms with Crippen LogP contribution < -0.4 is 9.47 Å². The lowest BCUT2D eigenvalue weighted by atomic mass is 9.73. The minimum absolute atomic E-state index is 0.00628. The molecule has 1 unspecified atom stereocenters. The maximum atomic E-state index is 12.6. The Kier molecular flexibility index (Phi) is 5.18. The number of piperidine rings is 1. The van der Waals surface area contributed by atoms with Crippen LogP contribution in [-0.2, 0) is 15.0 Å². The maximum Gasteiger partial charge on any atom is 0.311 e. The summed E-state index contributed by atoms with van der Waals surface area (Å²) in [5, 5.41) is 9.64. The Morgan fingerprint density at radius 2 is 1.72 bits per heavy atom. The maximum absolute atomic E-state index is 12.6. The smallest absolute Gasteiger partial charge is 0.311 e. The van der Waals surface area contributed by atoms with E-state index in [-0.39, 0.29) is 17.9 Å². The predicted molar refractivity (Wildman–Crippen MR) is 107 cm³/mol. The summed E-state index contributed by atoms with van der Waals surface area (Å²) in [5.74, 6) is 0.104. The number of nitrogens with zero attached hydrogens (tertiary/aromatic N) is 1. The van der Waals surface area contributed by atoms with Crippen molar-refractivity contribution in [1.82, 2.24) is 4.90 Å². The van der Waals surface area contributed by atoms with Crippen molar-refractivity contribution < 1.29 is 24.2 Å². The van der Waals surface area contributed by atoms with Gasteiger partial charge in [-0.2, -0.15) is 0 Å². The van der Waals surface area contributed by atoms with Crippen LogP contribution in [0.1, 0.15) is 36.3 Å². The zero-order chi connectivity index (χ0) is 20.4. The van der Waals surface area contributed by atoms with Gasteiger partial charge in [-0.1, -0.05) is 24.3 Å². The van der Waals surface area contributed by atoms with E-state index in [4.69, 9.17) is 9.47 Å². The van der Waals surface area contributed by atoms with Gasteiger partial charge in [0.05, 0.1) is 13.0 Å². The second-order valence-electron chi connectivity index (χ2n) is 7.81. The summed E-state index contributed by atoms with van der Waals surface area (Å²) in [7, 11) is 1.60. The van der Waals surface area contributed by atoms with E-state index in [1.54, 1.807) is 31.4 Å². The third-order valence-electron chi connectivity index (χ3n) is 6.30. The minimum Gasteiger partial charge on any atom is -0.497 e. The largest absolute Gasteiger partial charge is 0.497 e. The fraction of sp³-hybridized carbons (Fsp3) is 0.391. The molecule has 1 N–H and O–H groups in total. The summed E-state index contributed by atoms with van der Waals surface area (Å²) in [6.07, 6.45) is 2.18. The van der Waals surface area contributed by atoms with Crippen molar-refractivity contribution in [2.75, 3.05) is 26.8 Å². The van der Waals surface area contributed by atoms with Crippen LogP contribution in [0.25, 0.3) is 0 Å². The first-order valence-electron chi connectivity index (χ1n) is 9.89. The fourth-order valence-electron chi connectivity index (χ4n) is 4.68. The van der Waals surface area contributed by atoms with Gasteiger partial charge in [-0.15, -0.1) is 0 Å². The highest BCUT2D eigenvalue weighted by Gasteiger charge is 2.47. The monoisotopic (exact) mass is 395 g/mol. The van der Waals surface area contributed by atoms with Crippen molar-refractivity contribution in [3.05, 3.63) is 59.7 Å². The van der Waals surface area contributed by atoms with Gasteiger partial charge in [-0.3, -0.25) is 9.59 Å². The van der Waals surface area contributed by atoms with Crippen molar-refractivity contribution in [3.63, 3.8) is 0 Å². The quantitative estimate of drug-likeness (QED) is 0.841.